The second-order valence-corrected chi connectivity index (χ2v) is 4.23. The summed E-state index contributed by atoms with van der Waals surface area (Å²) in [5.41, 5.74) is 0.613. The van der Waals surface area contributed by atoms with Crippen LogP contribution in [-0.2, 0) is 11.3 Å². The number of ether oxygens (including phenoxy) is 1. The highest BCUT2D eigenvalue weighted by molar-refractivity contribution is 7.80. The maximum absolute atomic E-state index is 10.4. The first-order valence-corrected chi connectivity index (χ1v) is 6.74. The maximum Gasteiger partial charge on any atom is 0.152 e. The van der Waals surface area contributed by atoms with E-state index in [9.17, 15) is 13.6 Å². The molecule has 0 saturated heterocycles. The van der Waals surface area contributed by atoms with Crippen LogP contribution in [0.15, 0.2) is 54.6 Å². The van der Waals surface area contributed by atoms with Gasteiger partial charge in [-0.3, -0.25) is 9.00 Å². The van der Waals surface area contributed by atoms with Crippen LogP contribution in [-0.4, -0.2) is 22.2 Å². The van der Waals surface area contributed by atoms with E-state index >= 15 is 0 Å². The van der Waals surface area contributed by atoms with Crippen molar-refractivity contribution in [3.63, 3.8) is 0 Å². The van der Waals surface area contributed by atoms with Crippen LogP contribution in [0.1, 0.15) is 10.4 Å². The SMILES string of the molecule is COc1ccccc1.O=Cc1ccccc1NS(=O)[O-]. The van der Waals surface area contributed by atoms with Gasteiger partial charge in [0.2, 0.25) is 0 Å². The fourth-order valence-corrected chi connectivity index (χ4v) is 1.70. The number of anilines is 1. The van der Waals surface area contributed by atoms with Crippen LogP contribution in [0.2, 0.25) is 0 Å². The van der Waals surface area contributed by atoms with Gasteiger partial charge in [-0.1, -0.05) is 30.3 Å². The third-order valence-electron chi connectivity index (χ3n) is 2.26. The van der Waals surface area contributed by atoms with Crippen molar-refractivity contribution in [2.24, 2.45) is 0 Å². The number of aldehydes is 1. The molecule has 1 unspecified atom stereocenters. The lowest BCUT2D eigenvalue weighted by atomic mass is 10.2. The predicted molar refractivity (Wildman–Crippen MR) is 77.4 cm³/mol. The van der Waals surface area contributed by atoms with Crippen molar-refractivity contribution in [1.29, 1.82) is 0 Å². The summed E-state index contributed by atoms with van der Waals surface area (Å²) in [6.07, 6.45) is 0.592. The fraction of sp³-hybridized carbons (Fsp3) is 0.0714. The molecule has 2 aromatic carbocycles. The Labute approximate surface area is 120 Å². The monoisotopic (exact) mass is 292 g/mol. The molecule has 106 valence electrons. The van der Waals surface area contributed by atoms with Crippen molar-refractivity contribution in [3.05, 3.63) is 60.2 Å². The van der Waals surface area contributed by atoms with Crippen LogP contribution in [0.4, 0.5) is 5.69 Å². The summed E-state index contributed by atoms with van der Waals surface area (Å²) in [5.74, 6) is 0.910. The molecule has 1 N–H and O–H groups in total. The Morgan fingerprint density at radius 3 is 2.20 bits per heavy atom. The fourth-order valence-electron chi connectivity index (χ4n) is 1.34. The van der Waals surface area contributed by atoms with Crippen LogP contribution in [0.3, 0.4) is 0 Å². The number of carbonyl (C=O) groups is 1. The minimum atomic E-state index is -2.39. The molecule has 0 fully saturated rings. The zero-order valence-electron chi connectivity index (χ0n) is 10.8. The molecule has 2 aromatic rings. The van der Waals surface area contributed by atoms with Gasteiger partial charge < -0.3 is 14.0 Å². The molecule has 5 nitrogen and oxygen atoms in total. The van der Waals surface area contributed by atoms with Gasteiger partial charge in [0.15, 0.2) is 6.29 Å². The highest BCUT2D eigenvalue weighted by Gasteiger charge is 1.97. The molecule has 0 aromatic heterocycles. The van der Waals surface area contributed by atoms with Crippen molar-refractivity contribution in [2.45, 2.75) is 0 Å². The van der Waals surface area contributed by atoms with Gasteiger partial charge in [-0.2, -0.15) is 0 Å². The highest BCUT2D eigenvalue weighted by atomic mass is 32.2. The van der Waals surface area contributed by atoms with E-state index in [1.807, 2.05) is 30.3 Å². The molecule has 0 radical (unpaired) electrons. The van der Waals surface area contributed by atoms with Gasteiger partial charge in [0.25, 0.3) is 0 Å². The summed E-state index contributed by atoms with van der Waals surface area (Å²) in [5, 5.41) is 0. The summed E-state index contributed by atoms with van der Waals surface area (Å²) < 4.78 is 27.4. The van der Waals surface area contributed by atoms with Gasteiger partial charge in [-0.05, 0) is 24.3 Å². The Morgan fingerprint density at radius 1 is 1.10 bits per heavy atom. The molecule has 0 saturated carbocycles. The van der Waals surface area contributed by atoms with Crippen LogP contribution < -0.4 is 9.46 Å². The van der Waals surface area contributed by atoms with Crippen molar-refractivity contribution in [3.8, 4) is 5.75 Å². The van der Waals surface area contributed by atoms with Crippen molar-refractivity contribution in [2.75, 3.05) is 11.8 Å². The third-order valence-corrected chi connectivity index (χ3v) is 2.65. The zero-order valence-corrected chi connectivity index (χ0v) is 11.6. The lowest BCUT2D eigenvalue weighted by Gasteiger charge is -2.09. The van der Waals surface area contributed by atoms with E-state index in [0.717, 1.165) is 5.75 Å². The summed E-state index contributed by atoms with van der Waals surface area (Å²) in [7, 11) is 1.66. The summed E-state index contributed by atoms with van der Waals surface area (Å²) in [4.78, 5) is 10.4. The average molecular weight is 292 g/mol. The lowest BCUT2D eigenvalue weighted by molar-refractivity contribution is 0.112. The van der Waals surface area contributed by atoms with E-state index in [-0.39, 0.29) is 0 Å². The first-order chi connectivity index (χ1) is 9.67. The number of nitrogens with one attached hydrogen (secondary N) is 1. The van der Waals surface area contributed by atoms with E-state index in [1.165, 1.54) is 12.1 Å². The van der Waals surface area contributed by atoms with Gasteiger partial charge in [0.05, 0.1) is 12.8 Å². The predicted octanol–water partition coefficient (Wildman–Crippen LogP) is 2.40. The molecule has 20 heavy (non-hydrogen) atoms. The quantitative estimate of drug-likeness (QED) is 0.693. The lowest BCUT2D eigenvalue weighted by Crippen LogP contribution is -2.04. The Hall–Kier alpha value is -2.18. The number of para-hydroxylation sites is 2. The topological polar surface area (TPSA) is 78.5 Å². The van der Waals surface area contributed by atoms with E-state index in [2.05, 4.69) is 4.72 Å². The first kappa shape index (κ1) is 15.9. The Bertz CT molecular complexity index is 560. The zero-order chi connectivity index (χ0) is 14.8. The molecule has 0 amide bonds. The van der Waals surface area contributed by atoms with Gasteiger partial charge in [-0.25, -0.2) is 0 Å². The van der Waals surface area contributed by atoms with Crippen LogP contribution >= 0.6 is 0 Å². The van der Waals surface area contributed by atoms with E-state index in [4.69, 9.17) is 4.74 Å². The number of hydrogen-bond donors (Lipinski definition) is 1. The first-order valence-electron chi connectivity index (χ1n) is 5.66. The molecule has 0 aliphatic carbocycles. The average Bonchev–Trinajstić information content (AvgIpc) is 2.49. The number of hydrogen-bond acceptors (Lipinski definition) is 4. The molecule has 1 atom stereocenters. The minimum absolute atomic E-state index is 0.292. The Kier molecular flexibility index (Phi) is 7.02. The van der Waals surface area contributed by atoms with Crippen LogP contribution in [0.5, 0.6) is 5.75 Å². The van der Waals surface area contributed by atoms with Crippen LogP contribution in [0, 0.1) is 0 Å². The molecule has 6 heteroatoms. The van der Waals surface area contributed by atoms with E-state index < -0.39 is 11.3 Å². The second kappa shape index (κ2) is 8.84. The molecule has 0 heterocycles. The van der Waals surface area contributed by atoms with Gasteiger partial charge in [0, 0.05) is 16.8 Å². The number of carbonyl (C=O) groups excluding carboxylic acids is 1. The third kappa shape index (κ3) is 5.64. The smallest absolute Gasteiger partial charge is 0.152 e. The molecular formula is C14H14NO4S-. The van der Waals surface area contributed by atoms with Gasteiger partial charge in [-0.15, -0.1) is 0 Å². The highest BCUT2D eigenvalue weighted by Crippen LogP contribution is 2.12. The molecule has 0 aliphatic rings. The van der Waals surface area contributed by atoms with Crippen LogP contribution in [0.25, 0.3) is 0 Å². The number of rotatable bonds is 4. The minimum Gasteiger partial charge on any atom is -0.755 e. The Morgan fingerprint density at radius 2 is 1.70 bits per heavy atom. The standard InChI is InChI=1S/C7H7NO3S.C7H8O/c9-5-6-3-1-2-4-7(6)8-12(10)11;1-8-7-5-3-2-4-6-7/h1-5,8H,(H,10,11);2-6H,1H3/p-1. The van der Waals surface area contributed by atoms with Crippen molar-refractivity contribution in [1.82, 2.24) is 0 Å². The van der Waals surface area contributed by atoms with E-state index in [1.54, 1.807) is 19.2 Å². The molecule has 2 rings (SSSR count). The van der Waals surface area contributed by atoms with E-state index in [0.29, 0.717) is 17.5 Å². The number of benzene rings is 2. The maximum atomic E-state index is 10.4. The molecule has 0 bridgehead atoms. The molecule has 0 spiro atoms. The molecule has 0 aliphatic heterocycles. The normalized spacial score (nSPS) is 10.7. The summed E-state index contributed by atoms with van der Waals surface area (Å²) in [6.45, 7) is 0. The largest absolute Gasteiger partial charge is 0.755 e. The van der Waals surface area contributed by atoms with Gasteiger partial charge >= 0.3 is 0 Å². The molecular weight excluding hydrogens is 278 g/mol. The second-order valence-electron chi connectivity index (χ2n) is 3.56. The summed E-state index contributed by atoms with van der Waals surface area (Å²) in [6, 6.07) is 16.0. The van der Waals surface area contributed by atoms with Gasteiger partial charge in [0.1, 0.15) is 5.75 Å². The van der Waals surface area contributed by atoms with Crippen molar-refractivity contribution >= 4 is 23.2 Å². The number of methoxy groups -OCH3 is 1. The van der Waals surface area contributed by atoms with Crippen molar-refractivity contribution < 1.29 is 18.3 Å². The Balaban J connectivity index is 0.000000217. The summed E-state index contributed by atoms with van der Waals surface area (Å²) >= 11 is -2.39.